The van der Waals surface area contributed by atoms with Gasteiger partial charge in [0.05, 0.1) is 5.69 Å². The highest BCUT2D eigenvalue weighted by atomic mass is 15.2. The van der Waals surface area contributed by atoms with E-state index < -0.39 is 0 Å². The molecule has 0 aliphatic heterocycles. The Bertz CT molecular complexity index is 559. The molecular weight excluding hydrogens is 234 g/mol. The van der Waals surface area contributed by atoms with Crippen LogP contribution in [-0.2, 0) is 20.1 Å². The van der Waals surface area contributed by atoms with Gasteiger partial charge in [0.15, 0.2) is 0 Å². The summed E-state index contributed by atoms with van der Waals surface area (Å²) in [7, 11) is 1.96. The normalized spacial score (nSPS) is 11.0. The molecule has 0 bridgehead atoms. The van der Waals surface area contributed by atoms with Gasteiger partial charge in [-0.1, -0.05) is 17.7 Å². The highest BCUT2D eigenvalue weighted by Gasteiger charge is 2.05. The lowest BCUT2D eigenvalue weighted by Gasteiger charge is -2.12. The summed E-state index contributed by atoms with van der Waals surface area (Å²) in [6.07, 6.45) is 2.08. The molecule has 2 aromatic rings. The molecule has 1 aromatic carbocycles. The number of rotatable bonds is 4. The minimum Gasteiger partial charge on any atom is -0.308 e. The predicted octanol–water partition coefficient (Wildman–Crippen LogP) is 2.94. The molecule has 0 atom stereocenters. The van der Waals surface area contributed by atoms with Crippen molar-refractivity contribution >= 4 is 0 Å². The predicted molar refractivity (Wildman–Crippen MR) is 79.1 cm³/mol. The summed E-state index contributed by atoms with van der Waals surface area (Å²) in [5.41, 5.74) is 7.85. The van der Waals surface area contributed by atoms with Gasteiger partial charge in [-0.05, 0) is 44.4 Å². The fourth-order valence-electron chi connectivity index (χ4n) is 2.63. The topological polar surface area (TPSA) is 29.9 Å². The zero-order chi connectivity index (χ0) is 14.0. The van der Waals surface area contributed by atoms with Crippen molar-refractivity contribution in [1.29, 1.82) is 0 Å². The maximum Gasteiger partial charge on any atom is 0.0638 e. The van der Waals surface area contributed by atoms with Crippen LogP contribution in [0.25, 0.3) is 0 Å². The Labute approximate surface area is 115 Å². The monoisotopic (exact) mass is 257 g/mol. The summed E-state index contributed by atoms with van der Waals surface area (Å²) in [6.45, 7) is 10.4. The summed E-state index contributed by atoms with van der Waals surface area (Å²) in [4.78, 5) is 0. The Morgan fingerprint density at radius 2 is 1.68 bits per heavy atom. The van der Waals surface area contributed by atoms with E-state index in [1.165, 1.54) is 27.8 Å². The number of hydrogen-bond donors (Lipinski definition) is 1. The van der Waals surface area contributed by atoms with Crippen LogP contribution in [0.15, 0.2) is 18.3 Å². The van der Waals surface area contributed by atoms with Crippen LogP contribution >= 0.6 is 0 Å². The molecule has 0 unspecified atom stereocenters. The number of nitrogens with zero attached hydrogens (tertiary/aromatic N) is 2. The van der Waals surface area contributed by atoms with E-state index in [1.807, 2.05) is 11.7 Å². The lowest BCUT2D eigenvalue weighted by Crippen LogP contribution is -2.15. The third-order valence-electron chi connectivity index (χ3n) is 3.57. The Kier molecular flexibility index (Phi) is 4.05. The molecule has 0 aliphatic carbocycles. The molecule has 3 heteroatoms. The fourth-order valence-corrected chi connectivity index (χ4v) is 2.63. The Hall–Kier alpha value is -1.61. The smallest absolute Gasteiger partial charge is 0.0638 e. The fraction of sp³-hybridized carbons (Fsp3) is 0.438. The van der Waals surface area contributed by atoms with Crippen molar-refractivity contribution in [2.45, 2.75) is 40.8 Å². The van der Waals surface area contributed by atoms with Gasteiger partial charge in [0, 0.05) is 31.9 Å². The summed E-state index contributed by atoms with van der Waals surface area (Å²) in [5, 5.41) is 7.88. The molecule has 2 rings (SSSR count). The maximum atomic E-state index is 4.36. The third-order valence-corrected chi connectivity index (χ3v) is 3.57. The van der Waals surface area contributed by atoms with Crippen LogP contribution < -0.4 is 5.32 Å². The summed E-state index contributed by atoms with van der Waals surface area (Å²) in [5.74, 6) is 0. The van der Waals surface area contributed by atoms with Crippen LogP contribution in [0, 0.1) is 27.7 Å². The Morgan fingerprint density at radius 3 is 2.21 bits per heavy atom. The first-order chi connectivity index (χ1) is 8.97. The van der Waals surface area contributed by atoms with Crippen LogP contribution in [0.3, 0.4) is 0 Å². The molecular formula is C16H23N3. The first-order valence-corrected chi connectivity index (χ1v) is 6.74. The minimum atomic E-state index is 0.867. The van der Waals surface area contributed by atoms with Crippen molar-refractivity contribution in [1.82, 2.24) is 15.1 Å². The molecule has 19 heavy (non-hydrogen) atoms. The molecule has 1 N–H and O–H groups in total. The largest absolute Gasteiger partial charge is 0.308 e. The van der Waals surface area contributed by atoms with Gasteiger partial charge in [-0.15, -0.1) is 0 Å². The van der Waals surface area contributed by atoms with E-state index in [0.29, 0.717) is 0 Å². The Balaban J connectivity index is 2.02. The average molecular weight is 257 g/mol. The zero-order valence-electron chi connectivity index (χ0n) is 12.5. The van der Waals surface area contributed by atoms with Crippen LogP contribution in [0.2, 0.25) is 0 Å². The summed E-state index contributed by atoms with van der Waals surface area (Å²) < 4.78 is 1.87. The lowest BCUT2D eigenvalue weighted by atomic mass is 10.00. The van der Waals surface area contributed by atoms with Crippen molar-refractivity contribution in [2.75, 3.05) is 0 Å². The third kappa shape index (κ3) is 3.24. The quantitative estimate of drug-likeness (QED) is 0.912. The van der Waals surface area contributed by atoms with E-state index in [4.69, 9.17) is 0 Å². The second-order valence-electron chi connectivity index (χ2n) is 5.39. The Morgan fingerprint density at radius 1 is 1.05 bits per heavy atom. The first-order valence-electron chi connectivity index (χ1n) is 6.74. The van der Waals surface area contributed by atoms with Crippen molar-refractivity contribution in [3.05, 3.63) is 51.8 Å². The summed E-state index contributed by atoms with van der Waals surface area (Å²) >= 11 is 0. The number of aryl methyl sites for hydroxylation is 5. The van der Waals surface area contributed by atoms with Crippen LogP contribution in [0.1, 0.15) is 33.5 Å². The van der Waals surface area contributed by atoms with Crippen LogP contribution in [0.5, 0.6) is 0 Å². The molecule has 1 aromatic heterocycles. The molecule has 0 amide bonds. The van der Waals surface area contributed by atoms with Crippen LogP contribution in [0.4, 0.5) is 0 Å². The van der Waals surface area contributed by atoms with Gasteiger partial charge < -0.3 is 5.32 Å². The molecule has 0 radical (unpaired) electrons. The van der Waals surface area contributed by atoms with Gasteiger partial charge in [-0.2, -0.15) is 5.10 Å². The zero-order valence-corrected chi connectivity index (χ0v) is 12.5. The molecule has 0 spiro atoms. The van der Waals surface area contributed by atoms with E-state index in [9.17, 15) is 0 Å². The second kappa shape index (κ2) is 5.57. The van der Waals surface area contributed by atoms with Gasteiger partial charge in [-0.25, -0.2) is 0 Å². The second-order valence-corrected chi connectivity index (χ2v) is 5.39. The standard InChI is InChI=1S/C16H23N3/c1-11-6-12(2)16(13(3)7-11)9-17-8-15-10-19(5)18-14(15)4/h6-7,10,17H,8-9H2,1-5H3. The highest BCUT2D eigenvalue weighted by Crippen LogP contribution is 2.16. The van der Waals surface area contributed by atoms with Crippen molar-refractivity contribution in [3.63, 3.8) is 0 Å². The molecule has 3 nitrogen and oxygen atoms in total. The van der Waals surface area contributed by atoms with Gasteiger partial charge >= 0.3 is 0 Å². The van der Waals surface area contributed by atoms with Gasteiger partial charge in [0.2, 0.25) is 0 Å². The molecule has 102 valence electrons. The number of hydrogen-bond acceptors (Lipinski definition) is 2. The highest BCUT2D eigenvalue weighted by molar-refractivity contribution is 5.37. The number of aromatic nitrogens is 2. The SMILES string of the molecule is Cc1cc(C)c(CNCc2cn(C)nc2C)c(C)c1. The van der Waals surface area contributed by atoms with Gasteiger partial charge in [-0.3, -0.25) is 4.68 Å². The van der Waals surface area contributed by atoms with Crippen molar-refractivity contribution in [2.24, 2.45) is 7.05 Å². The van der Waals surface area contributed by atoms with E-state index in [-0.39, 0.29) is 0 Å². The van der Waals surface area contributed by atoms with Crippen LogP contribution in [-0.4, -0.2) is 9.78 Å². The van der Waals surface area contributed by atoms with E-state index in [2.05, 4.69) is 56.4 Å². The molecule has 0 saturated carbocycles. The van der Waals surface area contributed by atoms with E-state index in [1.54, 1.807) is 0 Å². The molecule has 0 aliphatic rings. The van der Waals surface area contributed by atoms with Crippen molar-refractivity contribution in [3.8, 4) is 0 Å². The van der Waals surface area contributed by atoms with Gasteiger partial charge in [0.25, 0.3) is 0 Å². The first kappa shape index (κ1) is 13.8. The van der Waals surface area contributed by atoms with E-state index >= 15 is 0 Å². The van der Waals surface area contributed by atoms with Gasteiger partial charge in [0.1, 0.15) is 0 Å². The van der Waals surface area contributed by atoms with Crippen molar-refractivity contribution < 1.29 is 0 Å². The molecule has 0 fully saturated rings. The summed E-state index contributed by atoms with van der Waals surface area (Å²) in [6, 6.07) is 4.50. The molecule has 0 saturated heterocycles. The minimum absolute atomic E-state index is 0.867. The lowest BCUT2D eigenvalue weighted by molar-refractivity contribution is 0.684. The number of nitrogens with one attached hydrogen (secondary N) is 1. The average Bonchev–Trinajstić information content (AvgIpc) is 2.61. The van der Waals surface area contributed by atoms with E-state index in [0.717, 1.165) is 18.8 Å². The number of benzene rings is 1. The maximum absolute atomic E-state index is 4.36. The molecule has 1 heterocycles.